The highest BCUT2D eigenvalue weighted by atomic mass is 35.5. The van der Waals surface area contributed by atoms with Crippen LogP contribution in [0.2, 0.25) is 5.02 Å². The molecule has 1 N–H and O–H groups in total. The fourth-order valence-electron chi connectivity index (χ4n) is 2.86. The number of nitrogens with zero attached hydrogens (tertiary/aromatic N) is 3. The highest BCUT2D eigenvalue weighted by Gasteiger charge is 2.36. The third kappa shape index (κ3) is 5.37. The molecule has 0 aliphatic heterocycles. The zero-order valence-corrected chi connectivity index (χ0v) is 19.0. The number of anilines is 2. The zero-order chi connectivity index (χ0) is 23.7. The van der Waals surface area contributed by atoms with E-state index in [0.29, 0.717) is 15.4 Å². The van der Waals surface area contributed by atoms with Gasteiger partial charge >= 0.3 is 6.18 Å². The van der Waals surface area contributed by atoms with E-state index in [1.165, 1.54) is 6.92 Å². The van der Waals surface area contributed by atoms with Gasteiger partial charge in [-0.05, 0) is 25.1 Å². The summed E-state index contributed by atoms with van der Waals surface area (Å²) in [5, 5.41) is 10.4. The minimum atomic E-state index is -4.80. The van der Waals surface area contributed by atoms with Crippen molar-refractivity contribution < 1.29 is 26.4 Å². The highest BCUT2D eigenvalue weighted by molar-refractivity contribution is 7.92. The topological polar surface area (TPSA) is 92.3 Å². The number of carbonyl (C=O) groups excluding carboxylic acids is 1. The number of amides is 1. The number of hydrogen-bond donors (Lipinski definition) is 1. The minimum Gasteiger partial charge on any atom is -0.299 e. The predicted octanol–water partition coefficient (Wildman–Crippen LogP) is 4.67. The molecule has 13 heteroatoms. The molecule has 1 atom stereocenters. The van der Waals surface area contributed by atoms with Crippen LogP contribution in [0.1, 0.15) is 12.5 Å². The van der Waals surface area contributed by atoms with Gasteiger partial charge in [-0.2, -0.15) is 13.2 Å². The predicted molar refractivity (Wildman–Crippen MR) is 117 cm³/mol. The van der Waals surface area contributed by atoms with Gasteiger partial charge in [0.25, 0.3) is 0 Å². The fourth-order valence-corrected chi connectivity index (χ4v) is 5.00. The first-order valence-electron chi connectivity index (χ1n) is 8.94. The van der Waals surface area contributed by atoms with E-state index in [9.17, 15) is 26.4 Å². The third-order valence-electron chi connectivity index (χ3n) is 4.27. The van der Waals surface area contributed by atoms with Crippen molar-refractivity contribution in [3.8, 4) is 10.6 Å². The van der Waals surface area contributed by atoms with E-state index in [4.69, 9.17) is 11.6 Å². The van der Waals surface area contributed by atoms with Crippen molar-refractivity contribution >= 4 is 49.7 Å². The van der Waals surface area contributed by atoms with Gasteiger partial charge in [-0.25, -0.2) is 8.42 Å². The van der Waals surface area contributed by atoms with Crippen LogP contribution in [-0.2, 0) is 21.0 Å². The van der Waals surface area contributed by atoms with Crippen LogP contribution in [0.4, 0.5) is 24.0 Å². The number of nitrogens with one attached hydrogen (secondary N) is 1. The summed E-state index contributed by atoms with van der Waals surface area (Å²) in [6.45, 7) is 1.25. The van der Waals surface area contributed by atoms with Gasteiger partial charge in [0, 0.05) is 5.56 Å². The maximum Gasteiger partial charge on any atom is 0.417 e. The lowest BCUT2D eigenvalue weighted by atomic mass is 10.1. The molecular weight excluding hydrogens is 489 g/mol. The Morgan fingerprint density at radius 1 is 1.16 bits per heavy atom. The molecule has 2 aromatic carbocycles. The Morgan fingerprint density at radius 2 is 1.81 bits per heavy atom. The monoisotopic (exact) mass is 504 g/mol. The number of alkyl halides is 3. The number of hydrogen-bond acceptors (Lipinski definition) is 6. The summed E-state index contributed by atoms with van der Waals surface area (Å²) in [7, 11) is -4.14. The molecule has 0 aliphatic rings. The SMILES string of the molecule is CC(C(=O)Nc1nnc(-c2ccccc2)s1)N(c1ccc(Cl)c(C(F)(F)F)c1)S(C)(=O)=O. The lowest BCUT2D eigenvalue weighted by Gasteiger charge is -2.28. The minimum absolute atomic E-state index is 0.112. The lowest BCUT2D eigenvalue weighted by molar-refractivity contribution is -0.137. The van der Waals surface area contributed by atoms with E-state index in [1.54, 1.807) is 12.1 Å². The van der Waals surface area contributed by atoms with E-state index in [1.807, 2.05) is 18.2 Å². The Balaban J connectivity index is 1.88. The number of aromatic nitrogens is 2. The van der Waals surface area contributed by atoms with Gasteiger partial charge < -0.3 is 0 Å². The smallest absolute Gasteiger partial charge is 0.299 e. The number of sulfonamides is 1. The molecular formula is C19H16ClF3N4O3S2. The Kier molecular flexibility index (Phi) is 6.77. The van der Waals surface area contributed by atoms with Crippen LogP contribution < -0.4 is 9.62 Å². The quantitative estimate of drug-likeness (QED) is 0.526. The van der Waals surface area contributed by atoms with Gasteiger partial charge in [0.15, 0.2) is 0 Å². The summed E-state index contributed by atoms with van der Waals surface area (Å²) in [4.78, 5) is 12.7. The summed E-state index contributed by atoms with van der Waals surface area (Å²) in [6.07, 6.45) is -4.01. The first-order valence-corrected chi connectivity index (χ1v) is 12.0. The van der Waals surface area contributed by atoms with Gasteiger partial charge in [0.1, 0.15) is 11.0 Å². The van der Waals surface area contributed by atoms with Gasteiger partial charge in [-0.3, -0.25) is 14.4 Å². The van der Waals surface area contributed by atoms with Crippen LogP contribution in [0.25, 0.3) is 10.6 Å². The van der Waals surface area contributed by atoms with Gasteiger partial charge in [0.2, 0.25) is 21.1 Å². The average Bonchev–Trinajstić information content (AvgIpc) is 3.16. The molecule has 0 radical (unpaired) electrons. The largest absolute Gasteiger partial charge is 0.417 e. The summed E-state index contributed by atoms with van der Waals surface area (Å²) < 4.78 is 65.0. The number of rotatable bonds is 6. The molecule has 1 heterocycles. The Bertz CT molecular complexity index is 1230. The first kappa shape index (κ1) is 24.0. The maximum atomic E-state index is 13.2. The molecule has 1 unspecified atom stereocenters. The normalized spacial score (nSPS) is 12.9. The Morgan fingerprint density at radius 3 is 2.41 bits per heavy atom. The van der Waals surface area contributed by atoms with E-state index >= 15 is 0 Å². The van der Waals surface area contributed by atoms with Crippen LogP contribution in [-0.4, -0.2) is 36.8 Å². The zero-order valence-electron chi connectivity index (χ0n) is 16.6. The number of carbonyl (C=O) groups is 1. The molecule has 1 amide bonds. The van der Waals surface area contributed by atoms with E-state index in [0.717, 1.165) is 35.3 Å². The first-order chi connectivity index (χ1) is 14.9. The number of halogens is 4. The summed E-state index contributed by atoms with van der Waals surface area (Å²) in [5.41, 5.74) is -0.791. The summed E-state index contributed by atoms with van der Waals surface area (Å²) >= 11 is 6.69. The van der Waals surface area contributed by atoms with Crippen LogP contribution in [0.3, 0.4) is 0 Å². The van der Waals surface area contributed by atoms with Crippen LogP contribution in [0.15, 0.2) is 48.5 Å². The molecule has 0 spiro atoms. The van der Waals surface area contributed by atoms with Crippen molar-refractivity contribution in [3.05, 3.63) is 59.1 Å². The van der Waals surface area contributed by atoms with Crippen LogP contribution in [0, 0.1) is 0 Å². The molecule has 0 saturated carbocycles. The molecule has 0 fully saturated rings. The molecule has 32 heavy (non-hydrogen) atoms. The lowest BCUT2D eigenvalue weighted by Crippen LogP contribution is -2.45. The van der Waals surface area contributed by atoms with Gasteiger partial charge in [0.05, 0.1) is 22.5 Å². The highest BCUT2D eigenvalue weighted by Crippen LogP contribution is 2.38. The molecule has 0 saturated heterocycles. The van der Waals surface area contributed by atoms with Crippen molar-refractivity contribution in [2.24, 2.45) is 0 Å². The van der Waals surface area contributed by atoms with Crippen LogP contribution >= 0.6 is 22.9 Å². The average molecular weight is 505 g/mol. The second-order valence-corrected chi connectivity index (χ2v) is 9.91. The Labute approximate surface area is 190 Å². The number of benzene rings is 2. The van der Waals surface area contributed by atoms with Crippen molar-refractivity contribution in [2.45, 2.75) is 19.1 Å². The third-order valence-corrected chi connectivity index (χ3v) is 6.73. The van der Waals surface area contributed by atoms with E-state index in [2.05, 4.69) is 15.5 Å². The van der Waals surface area contributed by atoms with Crippen LogP contribution in [0.5, 0.6) is 0 Å². The molecule has 3 rings (SSSR count). The standard InChI is InChI=1S/C19H16ClF3N4O3S2/c1-11(16(28)24-18-26-25-17(31-18)12-6-4-3-5-7-12)27(32(2,29)30)13-8-9-15(20)14(10-13)19(21,22)23/h3-11H,1-2H3,(H,24,26,28). The molecule has 3 aromatic rings. The molecule has 7 nitrogen and oxygen atoms in total. The Hall–Kier alpha value is -2.70. The van der Waals surface area contributed by atoms with Crippen molar-refractivity contribution in [3.63, 3.8) is 0 Å². The summed E-state index contributed by atoms with van der Waals surface area (Å²) in [5.74, 6) is -0.797. The van der Waals surface area contributed by atoms with Crippen molar-refractivity contribution in [1.82, 2.24) is 10.2 Å². The van der Waals surface area contributed by atoms with Crippen molar-refractivity contribution in [2.75, 3.05) is 15.9 Å². The second kappa shape index (κ2) is 9.04. The van der Waals surface area contributed by atoms with Gasteiger partial charge in [-0.1, -0.05) is 53.3 Å². The van der Waals surface area contributed by atoms with E-state index in [-0.39, 0.29) is 10.8 Å². The molecule has 1 aromatic heterocycles. The van der Waals surface area contributed by atoms with Crippen molar-refractivity contribution in [1.29, 1.82) is 0 Å². The molecule has 0 aliphatic carbocycles. The van der Waals surface area contributed by atoms with E-state index < -0.39 is 38.7 Å². The summed E-state index contributed by atoms with van der Waals surface area (Å²) in [6, 6.07) is 10.3. The molecule has 0 bridgehead atoms. The second-order valence-electron chi connectivity index (χ2n) is 6.66. The fraction of sp³-hybridized carbons (Fsp3) is 0.211. The van der Waals surface area contributed by atoms with Gasteiger partial charge in [-0.15, -0.1) is 10.2 Å². The molecule has 170 valence electrons. The maximum absolute atomic E-state index is 13.2.